The van der Waals surface area contributed by atoms with Gasteiger partial charge in [0.25, 0.3) is 0 Å². The summed E-state index contributed by atoms with van der Waals surface area (Å²) in [5, 5.41) is 5.86. The topological polar surface area (TPSA) is 27.3 Å². The molecule has 3 radical (unpaired) electrons. The number of thiocarbonyl (C=S) groups is 3. The van der Waals surface area contributed by atoms with Crippen molar-refractivity contribution in [3.63, 3.8) is 0 Å². The molecule has 19 heavy (non-hydrogen) atoms. The minimum atomic E-state index is 0. The number of thiol groups is 3. The molecule has 0 spiro atoms. The van der Waals surface area contributed by atoms with E-state index in [0.29, 0.717) is 39.1 Å². The van der Waals surface area contributed by atoms with Gasteiger partial charge in [0.05, 0.1) is 0 Å². The summed E-state index contributed by atoms with van der Waals surface area (Å²) in [6, 6.07) is 0. The third-order valence-corrected chi connectivity index (χ3v) is 2.73. The molecule has 0 unspecified atom stereocenters. The van der Waals surface area contributed by atoms with Gasteiger partial charge in [-0.15, -0.1) is 37.9 Å². The average Bonchev–Trinajstić information content (AvgIpc) is 2.14. The van der Waals surface area contributed by atoms with E-state index in [0.717, 1.165) is 0 Å². The molecule has 12 heteroatoms. The zero-order valence-electron chi connectivity index (χ0n) is 11.3. The Bertz CT molecular complexity index is 261. The Morgan fingerprint density at radius 1 is 0.789 bits per heavy atom. The molecule has 0 aromatic rings. The van der Waals surface area contributed by atoms with Crippen molar-refractivity contribution in [2.45, 2.75) is 0 Å². The first kappa shape index (κ1) is 30.6. The Hall–Kier alpha value is 3.72. The van der Waals surface area contributed by atoms with Crippen molar-refractivity contribution in [1.82, 2.24) is 15.5 Å². The smallest absolute Gasteiger partial charge is 0.133 e. The fourth-order valence-electron chi connectivity index (χ4n) is 0.899. The molecule has 0 saturated heterocycles. The molecular weight excluding hydrogens is 387 g/mol. The number of rotatable bonds is 6. The minimum Gasteiger partial charge on any atom is -0.369 e. The molecule has 3 nitrogen and oxygen atoms in total. The van der Waals surface area contributed by atoms with Gasteiger partial charge in [0.15, 0.2) is 0 Å². The Balaban J connectivity index is -0.000000375. The first-order chi connectivity index (χ1) is 7.43. The molecule has 0 atom stereocenters. The molecule has 0 aliphatic rings. The molecule has 0 aromatic carbocycles. The first-order valence-corrected chi connectivity index (χ1v) is 6.91. The van der Waals surface area contributed by atoms with Crippen LogP contribution in [-0.2, 0) is 0 Å². The Morgan fingerprint density at radius 3 is 1.32 bits per heavy atom. The maximum absolute atomic E-state index is 5.01. The number of nitrogens with zero attached hydrogens (tertiary/aromatic N) is 1. The van der Waals surface area contributed by atoms with Crippen molar-refractivity contribution >= 4 is 176 Å². The van der Waals surface area contributed by atoms with Crippen LogP contribution in [0, 0.1) is 0 Å². The van der Waals surface area contributed by atoms with Crippen LogP contribution in [0.5, 0.6) is 0 Å². The summed E-state index contributed by atoms with van der Waals surface area (Å²) in [7, 11) is 0. The van der Waals surface area contributed by atoms with Crippen LogP contribution in [0.25, 0.3) is 0 Å². The zero-order valence-corrected chi connectivity index (χ0v) is 22.5. The third-order valence-electron chi connectivity index (χ3n) is 1.59. The summed E-state index contributed by atoms with van der Waals surface area (Å²) in [6.45, 7) is 2.77. The van der Waals surface area contributed by atoms with Crippen molar-refractivity contribution in [1.29, 1.82) is 0 Å². The van der Waals surface area contributed by atoms with Gasteiger partial charge in [0.2, 0.25) is 0 Å². The largest absolute Gasteiger partial charge is 0.369 e. The Kier molecular flexibility index (Phi) is 31.8. The molecule has 95 valence electrons. The van der Waals surface area contributed by atoms with Crippen LogP contribution in [0.3, 0.4) is 0 Å². The van der Waals surface area contributed by atoms with Crippen LogP contribution in [0.1, 0.15) is 0 Å². The summed E-state index contributed by atoms with van der Waals surface area (Å²) >= 11 is 26.6. The molecule has 0 aliphatic heterocycles. The van der Waals surface area contributed by atoms with Gasteiger partial charge in [-0.3, -0.25) is 0 Å². The molecule has 0 saturated carbocycles. The van der Waals surface area contributed by atoms with Crippen molar-refractivity contribution in [3.8, 4) is 0 Å². The summed E-state index contributed by atoms with van der Waals surface area (Å²) in [5.41, 5.74) is 0. The number of hydrogen-bond acceptors (Lipinski definition) is 3. The summed E-state index contributed by atoms with van der Waals surface area (Å²) in [4.78, 5) is 1.93. The van der Waals surface area contributed by atoms with Crippen LogP contribution in [0.2, 0.25) is 0 Å². The second kappa shape index (κ2) is 19.8. The van der Waals surface area contributed by atoms with E-state index in [2.05, 4.69) is 48.5 Å². The number of nitrogens with one attached hydrogen (secondary N) is 2. The van der Waals surface area contributed by atoms with Crippen LogP contribution in [-0.4, -0.2) is 133 Å². The minimum absolute atomic E-state index is 0. The molecule has 2 N–H and O–H groups in total. The molecule has 0 amide bonds. The van der Waals surface area contributed by atoms with Crippen molar-refractivity contribution in [2.75, 3.05) is 26.2 Å². The average molecular weight is 401 g/mol. The maximum Gasteiger partial charge on any atom is 0.133 e. The molecular formula is C7H13N3Na3S6. The van der Waals surface area contributed by atoms with E-state index in [-0.39, 0.29) is 88.7 Å². The Labute approximate surface area is 214 Å². The van der Waals surface area contributed by atoms with Crippen LogP contribution in [0.15, 0.2) is 0 Å². The van der Waals surface area contributed by atoms with Crippen LogP contribution < -0.4 is 10.6 Å². The van der Waals surface area contributed by atoms with Crippen molar-refractivity contribution < 1.29 is 0 Å². The fraction of sp³-hybridized carbons (Fsp3) is 0.571. The van der Waals surface area contributed by atoms with E-state index in [1.807, 2.05) is 4.90 Å². The van der Waals surface area contributed by atoms with E-state index in [9.17, 15) is 0 Å². The van der Waals surface area contributed by atoms with Gasteiger partial charge >= 0.3 is 0 Å². The Morgan fingerprint density at radius 2 is 1.11 bits per heavy atom. The van der Waals surface area contributed by atoms with E-state index in [1.165, 1.54) is 0 Å². The van der Waals surface area contributed by atoms with Gasteiger partial charge in [0, 0.05) is 115 Å². The molecule has 0 heterocycles. The summed E-state index contributed by atoms with van der Waals surface area (Å²) in [5.74, 6) is 0. The van der Waals surface area contributed by atoms with Gasteiger partial charge in [-0.2, -0.15) is 0 Å². The van der Waals surface area contributed by atoms with Gasteiger partial charge < -0.3 is 15.5 Å². The van der Waals surface area contributed by atoms with Gasteiger partial charge in [-0.25, -0.2) is 0 Å². The van der Waals surface area contributed by atoms with E-state index in [4.69, 9.17) is 36.7 Å². The zero-order chi connectivity index (χ0) is 12.6. The second-order valence-corrected chi connectivity index (χ2v) is 6.16. The van der Waals surface area contributed by atoms with Crippen LogP contribution in [0.4, 0.5) is 0 Å². The SMILES string of the molecule is S=C(S)NCCN(CCNC(=S)S)C(=S)S.[Na].[Na].[Na]. The van der Waals surface area contributed by atoms with Gasteiger partial charge in [0.1, 0.15) is 13.0 Å². The van der Waals surface area contributed by atoms with E-state index in [1.54, 1.807) is 0 Å². The second-order valence-electron chi connectivity index (χ2n) is 2.73. The molecule has 0 bridgehead atoms. The van der Waals surface area contributed by atoms with E-state index < -0.39 is 0 Å². The number of hydrogen-bond donors (Lipinski definition) is 5. The summed E-state index contributed by atoms with van der Waals surface area (Å²) < 4.78 is 1.48. The molecule has 0 aromatic heterocycles. The van der Waals surface area contributed by atoms with Gasteiger partial charge in [-0.1, -0.05) is 36.7 Å². The normalized spacial score (nSPS) is 7.95. The van der Waals surface area contributed by atoms with Crippen molar-refractivity contribution in [3.05, 3.63) is 0 Å². The summed E-state index contributed by atoms with van der Waals surface area (Å²) in [6.07, 6.45) is 0. The molecule has 0 rings (SSSR count). The first-order valence-electron chi connectivity index (χ1n) is 4.35. The fourth-order valence-corrected chi connectivity index (χ4v) is 1.71. The van der Waals surface area contributed by atoms with Crippen LogP contribution >= 0.6 is 74.5 Å². The van der Waals surface area contributed by atoms with Gasteiger partial charge in [-0.05, 0) is 0 Å². The predicted octanol–water partition coefficient (Wildman–Crippen LogP) is -0.0307. The third kappa shape index (κ3) is 21.7. The van der Waals surface area contributed by atoms with Crippen molar-refractivity contribution in [2.24, 2.45) is 0 Å². The monoisotopic (exact) mass is 400 g/mol. The van der Waals surface area contributed by atoms with E-state index >= 15 is 0 Å². The molecule has 0 aliphatic carbocycles. The maximum atomic E-state index is 5.01. The standard InChI is InChI=1S/C7H13N3S6.3Na/c11-5(12)8-1-3-10(7(15)16)4-2-9-6(13)14;;;/h1-4H2,(H,15,16)(H2,8,11,12)(H2,9,13,14);;;. The quantitative estimate of drug-likeness (QED) is 0.244. The predicted molar refractivity (Wildman–Crippen MR) is 110 cm³/mol. The molecule has 0 fully saturated rings.